The SMILES string of the molecule is Cc1cc([N+](=O)[O-])ccc1-c1nnc(CN)n1C1CC1. The van der Waals surface area contributed by atoms with Gasteiger partial charge in [0, 0.05) is 23.7 Å². The Morgan fingerprint density at radius 2 is 2.20 bits per heavy atom. The van der Waals surface area contributed by atoms with Gasteiger partial charge >= 0.3 is 0 Å². The van der Waals surface area contributed by atoms with Crippen molar-refractivity contribution in [3.8, 4) is 11.4 Å². The molecule has 1 aliphatic rings. The zero-order valence-electron chi connectivity index (χ0n) is 11.1. The highest BCUT2D eigenvalue weighted by molar-refractivity contribution is 5.63. The van der Waals surface area contributed by atoms with Crippen molar-refractivity contribution < 1.29 is 4.92 Å². The molecule has 1 saturated carbocycles. The minimum Gasteiger partial charge on any atom is -0.324 e. The number of rotatable bonds is 4. The third-order valence-corrected chi connectivity index (χ3v) is 3.52. The van der Waals surface area contributed by atoms with Crippen molar-refractivity contribution in [1.29, 1.82) is 0 Å². The van der Waals surface area contributed by atoms with Gasteiger partial charge in [0.2, 0.25) is 0 Å². The lowest BCUT2D eigenvalue weighted by molar-refractivity contribution is -0.384. The molecule has 104 valence electrons. The Labute approximate surface area is 115 Å². The summed E-state index contributed by atoms with van der Waals surface area (Å²) >= 11 is 0. The van der Waals surface area contributed by atoms with E-state index in [1.807, 2.05) is 6.92 Å². The number of aryl methyl sites for hydroxylation is 1. The van der Waals surface area contributed by atoms with Crippen molar-refractivity contribution in [3.63, 3.8) is 0 Å². The van der Waals surface area contributed by atoms with Crippen molar-refractivity contribution in [3.05, 3.63) is 39.7 Å². The first kappa shape index (κ1) is 12.7. The number of non-ortho nitro benzene ring substituents is 1. The molecule has 1 fully saturated rings. The number of hydrogen-bond acceptors (Lipinski definition) is 5. The molecule has 0 spiro atoms. The molecule has 0 radical (unpaired) electrons. The summed E-state index contributed by atoms with van der Waals surface area (Å²) in [6.07, 6.45) is 2.20. The molecule has 0 atom stereocenters. The molecule has 3 rings (SSSR count). The van der Waals surface area contributed by atoms with Gasteiger partial charge in [0.15, 0.2) is 5.82 Å². The number of benzene rings is 1. The van der Waals surface area contributed by atoms with E-state index in [1.54, 1.807) is 12.1 Å². The molecule has 0 unspecified atom stereocenters. The molecule has 7 nitrogen and oxygen atoms in total. The summed E-state index contributed by atoms with van der Waals surface area (Å²) in [7, 11) is 0. The zero-order chi connectivity index (χ0) is 14.3. The fraction of sp³-hybridized carbons (Fsp3) is 0.385. The number of aromatic nitrogens is 3. The molecule has 7 heteroatoms. The largest absolute Gasteiger partial charge is 0.324 e. The van der Waals surface area contributed by atoms with E-state index in [0.29, 0.717) is 12.6 Å². The van der Waals surface area contributed by atoms with Crippen LogP contribution in [0, 0.1) is 17.0 Å². The second-order valence-electron chi connectivity index (χ2n) is 5.00. The van der Waals surface area contributed by atoms with Crippen LogP contribution in [-0.2, 0) is 6.54 Å². The molecule has 0 bridgehead atoms. The van der Waals surface area contributed by atoms with Gasteiger partial charge in [-0.2, -0.15) is 0 Å². The molecule has 1 aromatic carbocycles. The Morgan fingerprint density at radius 1 is 1.45 bits per heavy atom. The smallest absolute Gasteiger partial charge is 0.269 e. The number of nitro groups is 1. The number of nitro benzene ring substituents is 1. The lowest BCUT2D eigenvalue weighted by Crippen LogP contribution is -2.08. The first-order valence-electron chi connectivity index (χ1n) is 6.51. The van der Waals surface area contributed by atoms with E-state index < -0.39 is 4.92 Å². The monoisotopic (exact) mass is 273 g/mol. The van der Waals surface area contributed by atoms with Crippen LogP contribution < -0.4 is 5.73 Å². The van der Waals surface area contributed by atoms with Crippen LogP contribution in [0.5, 0.6) is 0 Å². The van der Waals surface area contributed by atoms with Crippen LogP contribution in [0.4, 0.5) is 5.69 Å². The Bertz CT molecular complexity index is 675. The van der Waals surface area contributed by atoms with Gasteiger partial charge in [-0.15, -0.1) is 10.2 Å². The predicted molar refractivity (Wildman–Crippen MR) is 73.0 cm³/mol. The van der Waals surface area contributed by atoms with Gasteiger partial charge in [-0.1, -0.05) is 0 Å². The standard InChI is InChI=1S/C13H15N5O2/c1-8-6-10(18(19)20)4-5-11(8)13-16-15-12(7-14)17(13)9-2-3-9/h4-6,9H,2-3,7,14H2,1H3. The van der Waals surface area contributed by atoms with Gasteiger partial charge in [-0.3, -0.25) is 10.1 Å². The summed E-state index contributed by atoms with van der Waals surface area (Å²) in [5.41, 5.74) is 7.47. The zero-order valence-corrected chi connectivity index (χ0v) is 11.1. The van der Waals surface area contributed by atoms with Gasteiger partial charge in [0.25, 0.3) is 5.69 Å². The highest BCUT2D eigenvalue weighted by Crippen LogP contribution is 2.39. The van der Waals surface area contributed by atoms with Gasteiger partial charge in [0.1, 0.15) is 5.82 Å². The Hall–Kier alpha value is -2.28. The minimum absolute atomic E-state index is 0.0859. The Balaban J connectivity index is 2.09. The molecule has 1 aliphatic carbocycles. The number of nitrogens with two attached hydrogens (primary N) is 1. The van der Waals surface area contributed by atoms with Gasteiger partial charge < -0.3 is 10.3 Å². The summed E-state index contributed by atoms with van der Waals surface area (Å²) in [4.78, 5) is 10.4. The fourth-order valence-corrected chi connectivity index (χ4v) is 2.38. The third kappa shape index (κ3) is 2.05. The molecular weight excluding hydrogens is 258 g/mol. The molecule has 20 heavy (non-hydrogen) atoms. The topological polar surface area (TPSA) is 99.9 Å². The summed E-state index contributed by atoms with van der Waals surface area (Å²) in [6, 6.07) is 5.20. The first-order chi connectivity index (χ1) is 9.61. The lowest BCUT2D eigenvalue weighted by Gasteiger charge is -2.09. The average molecular weight is 273 g/mol. The first-order valence-corrected chi connectivity index (χ1v) is 6.51. The highest BCUT2D eigenvalue weighted by Gasteiger charge is 2.30. The van der Waals surface area contributed by atoms with E-state index in [2.05, 4.69) is 14.8 Å². The van der Waals surface area contributed by atoms with Crippen LogP contribution in [0.3, 0.4) is 0 Å². The van der Waals surface area contributed by atoms with Gasteiger partial charge in [-0.25, -0.2) is 0 Å². The van der Waals surface area contributed by atoms with E-state index in [0.717, 1.165) is 35.6 Å². The van der Waals surface area contributed by atoms with E-state index in [1.165, 1.54) is 6.07 Å². The highest BCUT2D eigenvalue weighted by atomic mass is 16.6. The quantitative estimate of drug-likeness (QED) is 0.678. The molecule has 0 aliphatic heterocycles. The minimum atomic E-state index is -0.395. The average Bonchev–Trinajstić information content (AvgIpc) is 3.18. The summed E-state index contributed by atoms with van der Waals surface area (Å²) in [6.45, 7) is 2.19. The van der Waals surface area contributed by atoms with Crippen molar-refractivity contribution >= 4 is 5.69 Å². The maximum absolute atomic E-state index is 10.8. The van der Waals surface area contributed by atoms with Gasteiger partial charge in [0.05, 0.1) is 11.5 Å². The Morgan fingerprint density at radius 3 is 2.75 bits per heavy atom. The molecular formula is C13H15N5O2. The fourth-order valence-electron chi connectivity index (χ4n) is 2.38. The Kier molecular flexibility index (Phi) is 2.98. The second-order valence-corrected chi connectivity index (χ2v) is 5.00. The van der Waals surface area contributed by atoms with Crippen LogP contribution >= 0.6 is 0 Å². The van der Waals surface area contributed by atoms with Crippen LogP contribution in [0.25, 0.3) is 11.4 Å². The van der Waals surface area contributed by atoms with E-state index >= 15 is 0 Å². The maximum atomic E-state index is 10.8. The van der Waals surface area contributed by atoms with Gasteiger partial charge in [-0.05, 0) is 31.4 Å². The molecule has 1 aromatic heterocycles. The maximum Gasteiger partial charge on any atom is 0.269 e. The van der Waals surface area contributed by atoms with Crippen molar-refractivity contribution in [2.45, 2.75) is 32.4 Å². The summed E-state index contributed by atoms with van der Waals surface area (Å²) in [5.74, 6) is 1.51. The number of nitrogens with zero attached hydrogens (tertiary/aromatic N) is 4. The molecule has 2 aromatic rings. The number of hydrogen-bond donors (Lipinski definition) is 1. The predicted octanol–water partition coefficient (Wildman–Crippen LogP) is 1.96. The normalized spacial score (nSPS) is 14.5. The lowest BCUT2D eigenvalue weighted by atomic mass is 10.1. The summed E-state index contributed by atoms with van der Waals surface area (Å²) < 4.78 is 2.06. The summed E-state index contributed by atoms with van der Waals surface area (Å²) in [5, 5.41) is 19.1. The second kappa shape index (κ2) is 4.68. The van der Waals surface area contributed by atoms with E-state index in [4.69, 9.17) is 5.73 Å². The molecule has 0 amide bonds. The molecule has 1 heterocycles. The van der Waals surface area contributed by atoms with Crippen molar-refractivity contribution in [1.82, 2.24) is 14.8 Å². The molecule has 0 saturated heterocycles. The van der Waals surface area contributed by atoms with Crippen LogP contribution in [0.15, 0.2) is 18.2 Å². The molecule has 2 N–H and O–H groups in total. The van der Waals surface area contributed by atoms with Crippen molar-refractivity contribution in [2.24, 2.45) is 5.73 Å². The van der Waals surface area contributed by atoms with Crippen molar-refractivity contribution in [2.75, 3.05) is 0 Å². The van der Waals surface area contributed by atoms with Crippen LogP contribution in [0.1, 0.15) is 30.3 Å². The van der Waals surface area contributed by atoms with E-state index in [-0.39, 0.29) is 5.69 Å². The van der Waals surface area contributed by atoms with Crippen LogP contribution in [0.2, 0.25) is 0 Å². The van der Waals surface area contributed by atoms with E-state index in [9.17, 15) is 10.1 Å². The third-order valence-electron chi connectivity index (χ3n) is 3.52. The van der Waals surface area contributed by atoms with Crippen LogP contribution in [-0.4, -0.2) is 19.7 Å².